The zero-order chi connectivity index (χ0) is 16.3. The first kappa shape index (κ1) is 17.3. The van der Waals surface area contributed by atoms with E-state index in [1.165, 1.54) is 5.56 Å². The first-order valence-corrected chi connectivity index (χ1v) is 8.38. The molecule has 5 nitrogen and oxygen atoms in total. The number of aryl methyl sites for hydroxylation is 1. The molecule has 2 N–H and O–H groups in total. The molecule has 0 aliphatic rings. The molecule has 124 valence electrons. The summed E-state index contributed by atoms with van der Waals surface area (Å²) in [6, 6.07) is 7.96. The van der Waals surface area contributed by atoms with Crippen LogP contribution in [0.15, 0.2) is 48.0 Å². The summed E-state index contributed by atoms with van der Waals surface area (Å²) in [5, 5.41) is 7.41. The van der Waals surface area contributed by atoms with E-state index in [1.807, 2.05) is 30.7 Å². The molecule has 0 spiro atoms. The summed E-state index contributed by atoms with van der Waals surface area (Å²) in [7, 11) is 0. The van der Waals surface area contributed by atoms with Crippen molar-refractivity contribution in [1.82, 2.24) is 20.2 Å². The smallest absolute Gasteiger partial charge is 0.191 e. The number of rotatable bonds is 8. The van der Waals surface area contributed by atoms with E-state index in [1.54, 1.807) is 6.20 Å². The van der Waals surface area contributed by atoms with Crippen LogP contribution in [0.3, 0.4) is 0 Å². The Bertz CT molecular complexity index is 595. The lowest BCUT2D eigenvalue weighted by Crippen LogP contribution is -2.38. The molecule has 1 aromatic carbocycles. The third-order valence-electron chi connectivity index (χ3n) is 3.34. The van der Waals surface area contributed by atoms with Gasteiger partial charge in [-0.1, -0.05) is 23.7 Å². The van der Waals surface area contributed by atoms with Crippen molar-refractivity contribution in [2.45, 2.75) is 26.3 Å². The van der Waals surface area contributed by atoms with Crippen LogP contribution >= 0.6 is 11.6 Å². The highest BCUT2D eigenvalue weighted by Gasteiger charge is 1.98. The number of nitrogens with zero attached hydrogens (tertiary/aromatic N) is 3. The summed E-state index contributed by atoms with van der Waals surface area (Å²) < 4.78 is 2.06. The van der Waals surface area contributed by atoms with Crippen LogP contribution in [-0.2, 0) is 13.0 Å². The first-order chi connectivity index (χ1) is 11.3. The quantitative estimate of drug-likeness (QED) is 0.443. The molecule has 0 radical (unpaired) electrons. The van der Waals surface area contributed by atoms with Crippen molar-refractivity contribution < 1.29 is 0 Å². The Morgan fingerprint density at radius 2 is 2.26 bits per heavy atom. The van der Waals surface area contributed by atoms with E-state index in [4.69, 9.17) is 11.6 Å². The molecule has 0 atom stereocenters. The predicted octanol–water partition coefficient (Wildman–Crippen LogP) is 2.72. The van der Waals surface area contributed by atoms with Crippen molar-refractivity contribution in [3.8, 4) is 0 Å². The van der Waals surface area contributed by atoms with Crippen molar-refractivity contribution in [1.29, 1.82) is 0 Å². The molecule has 0 unspecified atom stereocenters. The van der Waals surface area contributed by atoms with E-state index in [0.717, 1.165) is 50.0 Å². The van der Waals surface area contributed by atoms with Crippen LogP contribution < -0.4 is 10.6 Å². The second-order valence-corrected chi connectivity index (χ2v) is 5.66. The van der Waals surface area contributed by atoms with Gasteiger partial charge in [0, 0.05) is 43.6 Å². The van der Waals surface area contributed by atoms with Gasteiger partial charge in [0.2, 0.25) is 0 Å². The lowest BCUT2D eigenvalue weighted by atomic mass is 10.1. The second kappa shape index (κ2) is 9.90. The lowest BCUT2D eigenvalue weighted by Gasteiger charge is -2.11. The molecule has 0 saturated carbocycles. The normalized spacial score (nSPS) is 11.5. The number of guanidine groups is 1. The number of imidazole rings is 1. The number of aliphatic imine (C=N–C) groups is 1. The van der Waals surface area contributed by atoms with Crippen LogP contribution in [0.2, 0.25) is 5.02 Å². The summed E-state index contributed by atoms with van der Waals surface area (Å²) in [5.41, 5.74) is 1.22. The van der Waals surface area contributed by atoms with Crippen LogP contribution in [0.1, 0.15) is 18.9 Å². The number of halogens is 1. The molecule has 0 saturated heterocycles. The van der Waals surface area contributed by atoms with Crippen LogP contribution in [0.4, 0.5) is 0 Å². The van der Waals surface area contributed by atoms with Gasteiger partial charge in [-0.05, 0) is 37.5 Å². The second-order valence-electron chi connectivity index (χ2n) is 5.22. The van der Waals surface area contributed by atoms with E-state index in [2.05, 4.69) is 38.2 Å². The Hall–Kier alpha value is -2.01. The van der Waals surface area contributed by atoms with Gasteiger partial charge in [0.15, 0.2) is 5.96 Å². The molecule has 6 heteroatoms. The van der Waals surface area contributed by atoms with Gasteiger partial charge in [0.05, 0.1) is 6.33 Å². The number of nitrogens with one attached hydrogen (secondary N) is 2. The largest absolute Gasteiger partial charge is 0.357 e. The van der Waals surface area contributed by atoms with Gasteiger partial charge in [-0.2, -0.15) is 0 Å². The minimum atomic E-state index is 0.780. The summed E-state index contributed by atoms with van der Waals surface area (Å²) in [4.78, 5) is 8.63. The van der Waals surface area contributed by atoms with Crippen molar-refractivity contribution in [3.63, 3.8) is 0 Å². The molecule has 0 fully saturated rings. The summed E-state index contributed by atoms with van der Waals surface area (Å²) in [5.74, 6) is 0.861. The topological polar surface area (TPSA) is 54.2 Å². The van der Waals surface area contributed by atoms with Crippen molar-refractivity contribution in [3.05, 3.63) is 53.6 Å². The molecule has 0 aliphatic heterocycles. The first-order valence-electron chi connectivity index (χ1n) is 8.00. The monoisotopic (exact) mass is 333 g/mol. The summed E-state index contributed by atoms with van der Waals surface area (Å²) in [6.07, 6.45) is 7.50. The Kier molecular flexibility index (Phi) is 7.46. The number of aromatic nitrogens is 2. The Morgan fingerprint density at radius 3 is 3.00 bits per heavy atom. The highest BCUT2D eigenvalue weighted by atomic mass is 35.5. The van der Waals surface area contributed by atoms with E-state index in [9.17, 15) is 0 Å². The average Bonchev–Trinajstić information content (AvgIpc) is 3.05. The Labute approximate surface area is 142 Å². The van der Waals surface area contributed by atoms with E-state index in [-0.39, 0.29) is 0 Å². The van der Waals surface area contributed by atoms with Gasteiger partial charge >= 0.3 is 0 Å². The fourth-order valence-electron chi connectivity index (χ4n) is 2.22. The third-order valence-corrected chi connectivity index (χ3v) is 3.58. The minimum absolute atomic E-state index is 0.780. The van der Waals surface area contributed by atoms with E-state index < -0.39 is 0 Å². The maximum absolute atomic E-state index is 6.00. The molecular weight excluding hydrogens is 310 g/mol. The van der Waals surface area contributed by atoms with E-state index >= 15 is 0 Å². The zero-order valence-corrected chi connectivity index (χ0v) is 14.3. The number of hydrogen-bond donors (Lipinski definition) is 2. The average molecular weight is 334 g/mol. The van der Waals surface area contributed by atoms with E-state index in [0.29, 0.717) is 0 Å². The number of benzene rings is 1. The molecular formula is C17H24ClN5. The van der Waals surface area contributed by atoms with Gasteiger partial charge in [-0.3, -0.25) is 4.99 Å². The van der Waals surface area contributed by atoms with Gasteiger partial charge in [0.25, 0.3) is 0 Å². The highest BCUT2D eigenvalue weighted by Crippen LogP contribution is 2.10. The van der Waals surface area contributed by atoms with Crippen LogP contribution in [-0.4, -0.2) is 35.1 Å². The highest BCUT2D eigenvalue weighted by molar-refractivity contribution is 6.30. The molecule has 0 bridgehead atoms. The Balaban J connectivity index is 1.72. The molecule has 0 aliphatic carbocycles. The lowest BCUT2D eigenvalue weighted by molar-refractivity contribution is 0.647. The minimum Gasteiger partial charge on any atom is -0.357 e. The molecule has 2 rings (SSSR count). The summed E-state index contributed by atoms with van der Waals surface area (Å²) >= 11 is 6.00. The van der Waals surface area contributed by atoms with Crippen LogP contribution in [0, 0.1) is 0 Å². The standard InChI is InChI=1S/C17H24ClN5/c1-2-20-17(21-8-4-11-23-12-10-19-14-23)22-9-7-15-5-3-6-16(18)13-15/h3,5-6,10,12-14H,2,4,7-9,11H2,1H3,(H2,20,21,22). The maximum Gasteiger partial charge on any atom is 0.191 e. The SMILES string of the molecule is CCNC(=NCCCn1ccnc1)NCCc1cccc(Cl)c1. The summed E-state index contributed by atoms with van der Waals surface area (Å²) in [6.45, 7) is 5.47. The third kappa shape index (κ3) is 6.74. The fourth-order valence-corrected chi connectivity index (χ4v) is 2.44. The number of hydrogen-bond acceptors (Lipinski definition) is 2. The molecule has 2 aromatic rings. The van der Waals surface area contributed by atoms with Crippen LogP contribution in [0.5, 0.6) is 0 Å². The predicted molar refractivity (Wildman–Crippen MR) is 96.0 cm³/mol. The molecule has 1 heterocycles. The maximum atomic E-state index is 6.00. The van der Waals surface area contributed by atoms with Gasteiger partial charge < -0.3 is 15.2 Å². The van der Waals surface area contributed by atoms with Crippen molar-refractivity contribution in [2.75, 3.05) is 19.6 Å². The molecule has 0 amide bonds. The molecule has 23 heavy (non-hydrogen) atoms. The van der Waals surface area contributed by atoms with Crippen LogP contribution in [0.25, 0.3) is 0 Å². The Morgan fingerprint density at radius 1 is 1.35 bits per heavy atom. The van der Waals surface area contributed by atoms with Gasteiger partial charge in [-0.25, -0.2) is 4.98 Å². The van der Waals surface area contributed by atoms with Crippen molar-refractivity contribution >= 4 is 17.6 Å². The fraction of sp³-hybridized carbons (Fsp3) is 0.412. The zero-order valence-electron chi connectivity index (χ0n) is 13.5. The molecule has 1 aromatic heterocycles. The van der Waals surface area contributed by atoms with Gasteiger partial charge in [0.1, 0.15) is 0 Å². The van der Waals surface area contributed by atoms with Crippen molar-refractivity contribution in [2.24, 2.45) is 4.99 Å². The van der Waals surface area contributed by atoms with Gasteiger partial charge in [-0.15, -0.1) is 0 Å².